The van der Waals surface area contributed by atoms with E-state index < -0.39 is 0 Å². The van der Waals surface area contributed by atoms with Gasteiger partial charge in [-0.3, -0.25) is 4.79 Å². The Bertz CT molecular complexity index is 158. The number of carbonyl (C=O) groups is 1. The number of rotatable bonds is 7. The SMILES string of the molecule is C=CC(=O)NCCOCCN(C)C. The molecule has 0 aromatic rings. The van der Waals surface area contributed by atoms with E-state index in [4.69, 9.17) is 4.74 Å². The number of amides is 1. The fraction of sp³-hybridized carbons (Fsp3) is 0.667. The molecule has 0 unspecified atom stereocenters. The Morgan fingerprint density at radius 3 is 2.77 bits per heavy atom. The van der Waals surface area contributed by atoms with Gasteiger partial charge in [0.25, 0.3) is 0 Å². The molecule has 0 aromatic heterocycles. The highest BCUT2D eigenvalue weighted by Gasteiger charge is 1.93. The lowest BCUT2D eigenvalue weighted by Gasteiger charge is -2.09. The van der Waals surface area contributed by atoms with Crippen LogP contribution in [0.2, 0.25) is 0 Å². The van der Waals surface area contributed by atoms with Gasteiger partial charge < -0.3 is 15.0 Å². The number of hydrogen-bond acceptors (Lipinski definition) is 3. The molecule has 0 atom stereocenters. The standard InChI is InChI=1S/C9H18N2O2/c1-4-9(12)10-5-7-13-8-6-11(2)3/h4H,1,5-8H2,2-3H3,(H,10,12). The van der Waals surface area contributed by atoms with Gasteiger partial charge in [0.2, 0.25) is 5.91 Å². The molecule has 0 aliphatic heterocycles. The smallest absolute Gasteiger partial charge is 0.243 e. The molecule has 0 rings (SSSR count). The topological polar surface area (TPSA) is 41.6 Å². The van der Waals surface area contributed by atoms with E-state index in [1.807, 2.05) is 19.0 Å². The lowest BCUT2D eigenvalue weighted by Crippen LogP contribution is -2.26. The molecule has 13 heavy (non-hydrogen) atoms. The number of carbonyl (C=O) groups excluding carboxylic acids is 1. The van der Waals surface area contributed by atoms with Gasteiger partial charge in [-0.1, -0.05) is 6.58 Å². The van der Waals surface area contributed by atoms with Crippen LogP contribution in [0, 0.1) is 0 Å². The molecule has 0 aliphatic rings. The van der Waals surface area contributed by atoms with Crippen LogP contribution in [0.25, 0.3) is 0 Å². The van der Waals surface area contributed by atoms with Crippen molar-refractivity contribution in [1.82, 2.24) is 10.2 Å². The highest BCUT2D eigenvalue weighted by atomic mass is 16.5. The van der Waals surface area contributed by atoms with E-state index >= 15 is 0 Å². The van der Waals surface area contributed by atoms with Crippen LogP contribution in [0.3, 0.4) is 0 Å². The summed E-state index contributed by atoms with van der Waals surface area (Å²) in [5.41, 5.74) is 0. The maximum Gasteiger partial charge on any atom is 0.243 e. The van der Waals surface area contributed by atoms with Crippen LogP contribution in [0.5, 0.6) is 0 Å². The third kappa shape index (κ3) is 9.04. The van der Waals surface area contributed by atoms with Gasteiger partial charge in [0, 0.05) is 13.1 Å². The van der Waals surface area contributed by atoms with Crippen molar-refractivity contribution in [3.05, 3.63) is 12.7 Å². The van der Waals surface area contributed by atoms with Crippen LogP contribution in [0.1, 0.15) is 0 Å². The average Bonchev–Trinajstić information content (AvgIpc) is 2.10. The minimum absolute atomic E-state index is 0.156. The van der Waals surface area contributed by atoms with Crippen molar-refractivity contribution in [3.8, 4) is 0 Å². The molecule has 0 saturated carbocycles. The lowest BCUT2D eigenvalue weighted by atomic mass is 10.5. The first kappa shape index (κ1) is 12.1. The quantitative estimate of drug-likeness (QED) is 0.445. The van der Waals surface area contributed by atoms with Gasteiger partial charge in [0.05, 0.1) is 13.2 Å². The second-order valence-electron chi connectivity index (χ2n) is 2.91. The van der Waals surface area contributed by atoms with E-state index in [0.29, 0.717) is 19.8 Å². The third-order valence-corrected chi connectivity index (χ3v) is 1.41. The molecule has 1 N–H and O–H groups in total. The first-order valence-corrected chi connectivity index (χ1v) is 4.29. The van der Waals surface area contributed by atoms with E-state index in [0.717, 1.165) is 6.54 Å². The fourth-order valence-electron chi connectivity index (χ4n) is 0.668. The second-order valence-corrected chi connectivity index (χ2v) is 2.91. The Labute approximate surface area is 79.6 Å². The molecule has 0 saturated heterocycles. The van der Waals surface area contributed by atoms with Crippen molar-refractivity contribution in [3.63, 3.8) is 0 Å². The fourth-order valence-corrected chi connectivity index (χ4v) is 0.668. The summed E-state index contributed by atoms with van der Waals surface area (Å²) in [6.45, 7) is 6.02. The van der Waals surface area contributed by atoms with Gasteiger partial charge in [-0.15, -0.1) is 0 Å². The van der Waals surface area contributed by atoms with Crippen LogP contribution >= 0.6 is 0 Å². The Morgan fingerprint density at radius 1 is 1.54 bits per heavy atom. The summed E-state index contributed by atoms with van der Waals surface area (Å²) < 4.78 is 5.25. The third-order valence-electron chi connectivity index (χ3n) is 1.41. The molecule has 0 aliphatic carbocycles. The van der Waals surface area contributed by atoms with Gasteiger partial charge >= 0.3 is 0 Å². The summed E-state index contributed by atoms with van der Waals surface area (Å²) in [5.74, 6) is -0.156. The Hall–Kier alpha value is -0.870. The largest absolute Gasteiger partial charge is 0.378 e. The minimum Gasteiger partial charge on any atom is -0.378 e. The first-order valence-electron chi connectivity index (χ1n) is 4.29. The molecule has 1 amide bonds. The number of nitrogens with zero attached hydrogens (tertiary/aromatic N) is 1. The van der Waals surface area contributed by atoms with Gasteiger partial charge in [-0.25, -0.2) is 0 Å². The van der Waals surface area contributed by atoms with Crippen molar-refractivity contribution in [2.75, 3.05) is 40.4 Å². The normalized spacial score (nSPS) is 10.1. The predicted molar refractivity (Wildman–Crippen MR) is 52.6 cm³/mol. The van der Waals surface area contributed by atoms with Crippen LogP contribution in [0.4, 0.5) is 0 Å². The minimum atomic E-state index is -0.156. The van der Waals surface area contributed by atoms with Crippen LogP contribution in [0.15, 0.2) is 12.7 Å². The Morgan fingerprint density at radius 2 is 2.23 bits per heavy atom. The molecule has 4 nitrogen and oxygen atoms in total. The number of hydrogen-bond donors (Lipinski definition) is 1. The molecule has 0 heterocycles. The summed E-state index contributed by atoms with van der Waals surface area (Å²) in [6.07, 6.45) is 1.25. The molecule has 4 heteroatoms. The zero-order chi connectivity index (χ0) is 10.1. The second kappa shape index (κ2) is 7.76. The molecule has 0 aromatic carbocycles. The average molecular weight is 186 g/mol. The van der Waals surface area contributed by atoms with Crippen molar-refractivity contribution >= 4 is 5.91 Å². The van der Waals surface area contributed by atoms with E-state index in [1.54, 1.807) is 0 Å². The molecular formula is C9H18N2O2. The number of nitrogens with one attached hydrogen (secondary N) is 1. The van der Waals surface area contributed by atoms with E-state index in [2.05, 4.69) is 11.9 Å². The highest BCUT2D eigenvalue weighted by molar-refractivity contribution is 5.86. The van der Waals surface area contributed by atoms with Crippen molar-refractivity contribution in [2.45, 2.75) is 0 Å². The maximum absolute atomic E-state index is 10.7. The highest BCUT2D eigenvalue weighted by Crippen LogP contribution is 1.77. The van der Waals surface area contributed by atoms with Crippen molar-refractivity contribution in [2.24, 2.45) is 0 Å². The van der Waals surface area contributed by atoms with Crippen molar-refractivity contribution in [1.29, 1.82) is 0 Å². The molecule has 0 fully saturated rings. The Balaban J connectivity index is 3.08. The zero-order valence-corrected chi connectivity index (χ0v) is 8.38. The molecule has 76 valence electrons. The van der Waals surface area contributed by atoms with Crippen LogP contribution in [-0.2, 0) is 9.53 Å². The summed E-state index contributed by atoms with van der Waals surface area (Å²) in [6, 6.07) is 0. The molecule has 0 bridgehead atoms. The Kier molecular flexibility index (Phi) is 7.24. The van der Waals surface area contributed by atoms with Crippen LogP contribution in [-0.4, -0.2) is 51.2 Å². The summed E-state index contributed by atoms with van der Waals surface area (Å²) in [7, 11) is 3.98. The van der Waals surface area contributed by atoms with E-state index in [9.17, 15) is 4.79 Å². The van der Waals surface area contributed by atoms with E-state index in [-0.39, 0.29) is 5.91 Å². The number of likely N-dealkylation sites (N-methyl/N-ethyl adjacent to an activating group) is 1. The first-order chi connectivity index (χ1) is 6.16. The van der Waals surface area contributed by atoms with Gasteiger partial charge in [-0.05, 0) is 20.2 Å². The molecule has 0 spiro atoms. The summed E-state index contributed by atoms with van der Waals surface area (Å²) in [4.78, 5) is 12.7. The lowest BCUT2D eigenvalue weighted by molar-refractivity contribution is -0.116. The van der Waals surface area contributed by atoms with E-state index in [1.165, 1.54) is 6.08 Å². The van der Waals surface area contributed by atoms with Gasteiger partial charge in [0.15, 0.2) is 0 Å². The van der Waals surface area contributed by atoms with Gasteiger partial charge in [0.1, 0.15) is 0 Å². The van der Waals surface area contributed by atoms with Crippen LogP contribution < -0.4 is 5.32 Å². The summed E-state index contributed by atoms with van der Waals surface area (Å²) >= 11 is 0. The molecular weight excluding hydrogens is 168 g/mol. The maximum atomic E-state index is 10.7. The number of ether oxygens (including phenoxy) is 1. The van der Waals surface area contributed by atoms with Crippen molar-refractivity contribution < 1.29 is 9.53 Å². The predicted octanol–water partition coefficient (Wildman–Crippen LogP) is -0.133. The monoisotopic (exact) mass is 186 g/mol. The zero-order valence-electron chi connectivity index (χ0n) is 8.38. The molecule has 0 radical (unpaired) electrons. The van der Waals surface area contributed by atoms with Gasteiger partial charge in [-0.2, -0.15) is 0 Å². The summed E-state index contributed by atoms with van der Waals surface area (Å²) in [5, 5.41) is 2.62.